The highest BCUT2D eigenvalue weighted by Crippen LogP contribution is 2.26. The van der Waals surface area contributed by atoms with Crippen molar-refractivity contribution < 1.29 is 14.4 Å². The lowest BCUT2D eigenvalue weighted by Crippen LogP contribution is -2.34. The lowest BCUT2D eigenvalue weighted by molar-refractivity contribution is 0.423. The first-order valence-corrected chi connectivity index (χ1v) is 4.97. The number of rotatable bonds is 1. The van der Waals surface area contributed by atoms with Gasteiger partial charge in [0, 0.05) is 5.46 Å². The zero-order valence-electron chi connectivity index (χ0n) is 6.06. The fraction of sp³-hybridized carbons (Fsp3) is 0. The first-order valence-electron chi connectivity index (χ1n) is 3.14. The van der Waals surface area contributed by atoms with Crippen molar-refractivity contribution in [1.82, 2.24) is 0 Å². The van der Waals surface area contributed by atoms with E-state index in [0.29, 0.717) is 3.57 Å². The van der Waals surface area contributed by atoms with E-state index in [0.717, 1.165) is 6.07 Å². The summed E-state index contributed by atoms with van der Waals surface area (Å²) in [6.07, 6.45) is 0. The van der Waals surface area contributed by atoms with E-state index in [9.17, 15) is 4.39 Å². The van der Waals surface area contributed by atoms with Crippen LogP contribution in [0.5, 0.6) is 0 Å². The Labute approximate surface area is 97.9 Å². The van der Waals surface area contributed by atoms with E-state index in [1.165, 1.54) is 0 Å². The predicted molar refractivity (Wildman–Crippen MR) is 59.0 cm³/mol. The molecule has 0 heterocycles. The van der Waals surface area contributed by atoms with Crippen LogP contribution in [0.15, 0.2) is 6.07 Å². The molecule has 0 saturated carbocycles. The molecule has 2 nitrogen and oxygen atoms in total. The van der Waals surface area contributed by atoms with Gasteiger partial charge in [-0.1, -0.05) is 23.2 Å². The van der Waals surface area contributed by atoms with Crippen molar-refractivity contribution in [2.45, 2.75) is 0 Å². The van der Waals surface area contributed by atoms with Gasteiger partial charge in [0.25, 0.3) is 0 Å². The summed E-state index contributed by atoms with van der Waals surface area (Å²) in [6.45, 7) is 0. The molecule has 70 valence electrons. The molecular weight excluding hydrogens is 332 g/mol. The number of hydrogen-bond acceptors (Lipinski definition) is 2. The van der Waals surface area contributed by atoms with Gasteiger partial charge in [0.05, 0.1) is 13.6 Å². The van der Waals surface area contributed by atoms with E-state index in [1.807, 2.05) is 0 Å². The van der Waals surface area contributed by atoms with E-state index in [2.05, 4.69) is 0 Å². The second-order valence-electron chi connectivity index (χ2n) is 2.26. The molecule has 0 spiro atoms. The molecule has 1 aromatic rings. The van der Waals surface area contributed by atoms with Gasteiger partial charge in [0.2, 0.25) is 0 Å². The van der Waals surface area contributed by atoms with Gasteiger partial charge in [-0.05, 0) is 28.7 Å². The molecule has 0 aliphatic heterocycles. The smallest absolute Gasteiger partial charge is 0.423 e. The number of halogens is 4. The van der Waals surface area contributed by atoms with Crippen LogP contribution in [0.1, 0.15) is 0 Å². The normalized spacial score (nSPS) is 10.3. The Morgan fingerprint density at radius 1 is 1.38 bits per heavy atom. The molecule has 7 heteroatoms. The second kappa shape index (κ2) is 4.31. The number of benzene rings is 1. The molecule has 0 unspecified atom stereocenters. The fourth-order valence-corrected chi connectivity index (χ4v) is 1.79. The minimum Gasteiger partial charge on any atom is -0.423 e. The van der Waals surface area contributed by atoms with Gasteiger partial charge in [-0.2, -0.15) is 0 Å². The van der Waals surface area contributed by atoms with E-state index < -0.39 is 12.9 Å². The minimum absolute atomic E-state index is 0.0689. The molecular formula is C6H3BCl2FIO2. The number of hydrogen-bond donors (Lipinski definition) is 2. The monoisotopic (exact) mass is 334 g/mol. The van der Waals surface area contributed by atoms with Crippen LogP contribution in [0.25, 0.3) is 0 Å². The molecule has 0 aliphatic carbocycles. The Kier molecular flexibility index (Phi) is 3.82. The minimum atomic E-state index is -1.93. The molecule has 1 aromatic carbocycles. The standard InChI is InChI=1S/C6H3BCl2FIO2/c8-2-1-3(10)4(7(12)13)5(9)6(2)11/h1,12-13H. The third kappa shape index (κ3) is 2.27. The molecule has 0 aromatic heterocycles. The van der Waals surface area contributed by atoms with Gasteiger partial charge in [-0.25, -0.2) is 4.39 Å². The summed E-state index contributed by atoms with van der Waals surface area (Å²) in [4.78, 5) is 0. The zero-order chi connectivity index (χ0) is 10.2. The van der Waals surface area contributed by atoms with Crippen LogP contribution in [0.2, 0.25) is 10.0 Å². The van der Waals surface area contributed by atoms with Crippen molar-refractivity contribution in [3.8, 4) is 0 Å². The molecule has 1 rings (SSSR count). The van der Waals surface area contributed by atoms with Crippen LogP contribution in [0.3, 0.4) is 0 Å². The maximum Gasteiger partial charge on any atom is 0.493 e. The van der Waals surface area contributed by atoms with Gasteiger partial charge < -0.3 is 10.0 Å². The second-order valence-corrected chi connectivity index (χ2v) is 4.12. The Morgan fingerprint density at radius 3 is 2.38 bits per heavy atom. The van der Waals surface area contributed by atoms with Gasteiger partial charge in [-0.3, -0.25) is 0 Å². The average molecular weight is 335 g/mol. The third-order valence-electron chi connectivity index (χ3n) is 1.41. The first kappa shape index (κ1) is 11.5. The van der Waals surface area contributed by atoms with Gasteiger partial charge in [0.1, 0.15) is 5.82 Å². The summed E-state index contributed by atoms with van der Waals surface area (Å²) in [5.74, 6) is -0.828. The Balaban J connectivity index is 3.44. The SMILES string of the molecule is OB(O)c1c(F)cc(Cl)c(I)c1Cl. The summed E-state index contributed by atoms with van der Waals surface area (Å²) < 4.78 is 13.4. The predicted octanol–water partition coefficient (Wildman–Crippen LogP) is 1.42. The van der Waals surface area contributed by atoms with Gasteiger partial charge in [-0.15, -0.1) is 0 Å². The highest BCUT2D eigenvalue weighted by molar-refractivity contribution is 14.1. The topological polar surface area (TPSA) is 40.5 Å². The molecule has 0 saturated heterocycles. The largest absolute Gasteiger partial charge is 0.493 e. The molecule has 0 bridgehead atoms. The molecule has 13 heavy (non-hydrogen) atoms. The highest BCUT2D eigenvalue weighted by atomic mass is 127. The Bertz CT molecular complexity index is 348. The average Bonchev–Trinajstić information content (AvgIpc) is 1.99. The Hall–Kier alpha value is 0.445. The van der Waals surface area contributed by atoms with Crippen molar-refractivity contribution in [3.05, 3.63) is 25.5 Å². The van der Waals surface area contributed by atoms with Crippen LogP contribution in [-0.2, 0) is 0 Å². The third-order valence-corrected chi connectivity index (χ3v) is 3.86. The lowest BCUT2D eigenvalue weighted by atomic mass is 9.80. The Morgan fingerprint density at radius 2 is 1.92 bits per heavy atom. The molecule has 0 fully saturated rings. The summed E-state index contributed by atoms with van der Waals surface area (Å²) in [7, 11) is -1.93. The van der Waals surface area contributed by atoms with E-state index >= 15 is 0 Å². The maximum absolute atomic E-state index is 13.0. The van der Waals surface area contributed by atoms with Crippen LogP contribution < -0.4 is 5.46 Å². The van der Waals surface area contributed by atoms with Gasteiger partial charge >= 0.3 is 7.12 Å². The molecule has 0 atom stereocenters. The van der Waals surface area contributed by atoms with E-state index in [-0.39, 0.29) is 15.5 Å². The van der Waals surface area contributed by atoms with Crippen molar-refractivity contribution in [1.29, 1.82) is 0 Å². The summed E-state index contributed by atoms with van der Waals surface area (Å²) in [5.41, 5.74) is -0.351. The fourth-order valence-electron chi connectivity index (χ4n) is 0.817. The van der Waals surface area contributed by atoms with Crippen molar-refractivity contribution >= 4 is 58.4 Å². The van der Waals surface area contributed by atoms with Crippen molar-refractivity contribution in [2.24, 2.45) is 0 Å². The lowest BCUT2D eigenvalue weighted by Gasteiger charge is -2.07. The molecule has 0 radical (unpaired) electrons. The van der Waals surface area contributed by atoms with Crippen LogP contribution in [0.4, 0.5) is 4.39 Å². The van der Waals surface area contributed by atoms with Crippen LogP contribution in [0, 0.1) is 9.39 Å². The highest BCUT2D eigenvalue weighted by Gasteiger charge is 2.23. The zero-order valence-corrected chi connectivity index (χ0v) is 9.73. The van der Waals surface area contributed by atoms with Crippen LogP contribution >= 0.6 is 45.8 Å². The van der Waals surface area contributed by atoms with E-state index in [4.69, 9.17) is 33.2 Å². The molecule has 0 amide bonds. The quantitative estimate of drug-likeness (QED) is 0.353. The van der Waals surface area contributed by atoms with Crippen LogP contribution in [-0.4, -0.2) is 17.2 Å². The molecule has 0 aliphatic rings. The first-order chi connectivity index (χ1) is 5.95. The maximum atomic E-state index is 13.0. The summed E-state index contributed by atoms with van der Waals surface area (Å²) >= 11 is 13.0. The van der Waals surface area contributed by atoms with Crippen molar-refractivity contribution in [3.63, 3.8) is 0 Å². The van der Waals surface area contributed by atoms with E-state index in [1.54, 1.807) is 22.6 Å². The van der Waals surface area contributed by atoms with Gasteiger partial charge in [0.15, 0.2) is 0 Å². The molecule has 2 N–H and O–H groups in total. The van der Waals surface area contributed by atoms with Crippen molar-refractivity contribution in [2.75, 3.05) is 0 Å². The summed E-state index contributed by atoms with van der Waals surface area (Å²) in [5, 5.41) is 17.6. The summed E-state index contributed by atoms with van der Waals surface area (Å²) in [6, 6.07) is 0.990.